The van der Waals surface area contributed by atoms with Gasteiger partial charge in [-0.15, -0.1) is 11.6 Å². The first-order valence-corrected chi connectivity index (χ1v) is 7.67. The number of alkyl halides is 1. The van der Waals surface area contributed by atoms with Gasteiger partial charge < -0.3 is 0 Å². The Bertz CT molecular complexity index is 733. The Balaban J connectivity index is 2.25. The summed E-state index contributed by atoms with van der Waals surface area (Å²) in [5.41, 5.74) is 2.55. The van der Waals surface area contributed by atoms with Gasteiger partial charge in [-0.1, -0.05) is 72.8 Å². The van der Waals surface area contributed by atoms with Crippen LogP contribution in [0.2, 0.25) is 0 Å². The quantitative estimate of drug-likeness (QED) is 0.521. The van der Waals surface area contributed by atoms with Gasteiger partial charge in [0.25, 0.3) is 0 Å². The number of rotatable bonds is 3. The van der Waals surface area contributed by atoms with Crippen molar-refractivity contribution in [3.63, 3.8) is 0 Å². The van der Waals surface area contributed by atoms with Crippen molar-refractivity contribution in [1.82, 2.24) is 0 Å². The fourth-order valence-corrected chi connectivity index (χ4v) is 3.34. The van der Waals surface area contributed by atoms with Gasteiger partial charge in [0.05, 0.1) is 0 Å². The summed E-state index contributed by atoms with van der Waals surface area (Å²) in [6.07, 6.45) is 0. The van der Waals surface area contributed by atoms with Crippen LogP contribution in [0.4, 0.5) is 0 Å². The smallest absolute Gasteiger partial charge is 0.0499 e. The summed E-state index contributed by atoms with van der Waals surface area (Å²) in [5, 5.41) is 2.54. The van der Waals surface area contributed by atoms with Gasteiger partial charge in [0.2, 0.25) is 0 Å². The molecule has 0 aliphatic heterocycles. The van der Waals surface area contributed by atoms with E-state index in [1.54, 1.807) is 0 Å². The van der Waals surface area contributed by atoms with E-state index in [1.807, 2.05) is 6.07 Å². The summed E-state index contributed by atoms with van der Waals surface area (Å²) in [7, 11) is 0. The highest BCUT2D eigenvalue weighted by Gasteiger charge is 2.31. The minimum Gasteiger partial charge on any atom is -0.119 e. The van der Waals surface area contributed by atoms with E-state index in [0.717, 1.165) is 0 Å². The van der Waals surface area contributed by atoms with Crippen molar-refractivity contribution >= 4 is 22.4 Å². The van der Waals surface area contributed by atoms with Crippen LogP contribution in [0.25, 0.3) is 10.8 Å². The van der Waals surface area contributed by atoms with E-state index in [1.165, 1.54) is 21.9 Å². The molecule has 0 heterocycles. The molecule has 1 unspecified atom stereocenters. The zero-order valence-electron chi connectivity index (χ0n) is 12.4. The number of benzene rings is 3. The van der Waals surface area contributed by atoms with E-state index in [9.17, 15) is 0 Å². The van der Waals surface area contributed by atoms with Crippen LogP contribution in [0.15, 0.2) is 72.8 Å². The third-order valence-corrected chi connectivity index (χ3v) is 4.17. The molecule has 0 bridgehead atoms. The molecule has 0 aliphatic carbocycles. The second kappa shape index (κ2) is 5.54. The van der Waals surface area contributed by atoms with E-state index in [2.05, 4.69) is 80.6 Å². The van der Waals surface area contributed by atoms with Gasteiger partial charge in [-0.2, -0.15) is 0 Å². The van der Waals surface area contributed by atoms with Crippen LogP contribution in [-0.2, 0) is 0 Å². The zero-order valence-corrected chi connectivity index (χ0v) is 13.1. The molecule has 106 valence electrons. The average Bonchev–Trinajstić information content (AvgIpc) is 2.47. The van der Waals surface area contributed by atoms with Gasteiger partial charge in [0.15, 0.2) is 0 Å². The van der Waals surface area contributed by atoms with Crippen LogP contribution >= 0.6 is 11.6 Å². The third kappa shape index (κ3) is 2.82. The van der Waals surface area contributed by atoms with Crippen LogP contribution in [0, 0.1) is 0 Å². The fraction of sp³-hybridized carbons (Fsp3) is 0.200. The van der Waals surface area contributed by atoms with Crippen LogP contribution in [0.5, 0.6) is 0 Å². The maximum absolute atomic E-state index is 6.77. The van der Waals surface area contributed by atoms with Crippen LogP contribution < -0.4 is 0 Å². The maximum atomic E-state index is 6.77. The molecule has 21 heavy (non-hydrogen) atoms. The highest BCUT2D eigenvalue weighted by atomic mass is 35.5. The average molecular weight is 295 g/mol. The number of fused-ring (bicyclic) bond motifs is 1. The van der Waals surface area contributed by atoms with Gasteiger partial charge in [-0.25, -0.2) is 0 Å². The monoisotopic (exact) mass is 294 g/mol. The minimum atomic E-state index is -0.356. The molecule has 1 heteroatoms. The molecule has 0 spiro atoms. The summed E-state index contributed by atoms with van der Waals surface area (Å²) >= 11 is 6.77. The number of hydrogen-bond donors (Lipinski definition) is 0. The van der Waals surface area contributed by atoms with Gasteiger partial charge >= 0.3 is 0 Å². The molecule has 0 aromatic heterocycles. The Morgan fingerprint density at radius 1 is 0.762 bits per heavy atom. The van der Waals surface area contributed by atoms with Crippen molar-refractivity contribution in [2.75, 3.05) is 0 Å². The Kier molecular flexibility index (Phi) is 3.73. The lowest BCUT2D eigenvalue weighted by Gasteiger charge is -2.30. The lowest BCUT2D eigenvalue weighted by molar-refractivity contribution is 0.608. The van der Waals surface area contributed by atoms with Crippen molar-refractivity contribution in [1.29, 1.82) is 0 Å². The fourth-order valence-electron chi connectivity index (χ4n) is 3.09. The summed E-state index contributed by atoms with van der Waals surface area (Å²) in [6.45, 7) is 4.18. The normalized spacial score (nSPS) is 13.3. The molecular formula is C20H19Cl. The molecule has 0 nitrogen and oxygen atoms in total. The van der Waals surface area contributed by atoms with E-state index in [0.29, 0.717) is 0 Å². The Morgan fingerprint density at radius 2 is 1.38 bits per heavy atom. The SMILES string of the molecule is CC(C)(Cl)C(c1ccccc1)c1cccc2ccccc12. The molecule has 0 saturated heterocycles. The zero-order chi connectivity index (χ0) is 14.9. The Labute approximate surface area is 131 Å². The van der Waals surface area contributed by atoms with Gasteiger partial charge in [0, 0.05) is 10.8 Å². The molecule has 0 saturated carbocycles. The Hall–Kier alpha value is -1.79. The second-order valence-corrected chi connectivity index (χ2v) is 6.95. The van der Waals surface area contributed by atoms with Gasteiger partial charge in [-0.3, -0.25) is 0 Å². The van der Waals surface area contributed by atoms with Gasteiger partial charge in [0.1, 0.15) is 0 Å². The molecule has 3 aromatic carbocycles. The largest absolute Gasteiger partial charge is 0.119 e. The number of halogens is 1. The lowest BCUT2D eigenvalue weighted by Crippen LogP contribution is -2.24. The van der Waals surface area contributed by atoms with Crippen LogP contribution in [-0.4, -0.2) is 4.87 Å². The first-order chi connectivity index (χ1) is 10.1. The summed E-state index contributed by atoms with van der Waals surface area (Å²) in [5.74, 6) is 0.159. The first kappa shape index (κ1) is 14.2. The lowest BCUT2D eigenvalue weighted by atomic mass is 9.80. The van der Waals surface area contributed by atoms with E-state index in [4.69, 9.17) is 11.6 Å². The Morgan fingerprint density at radius 3 is 2.10 bits per heavy atom. The molecule has 0 amide bonds. The molecule has 1 atom stereocenters. The maximum Gasteiger partial charge on any atom is 0.0499 e. The predicted molar refractivity (Wildman–Crippen MR) is 92.2 cm³/mol. The molecular weight excluding hydrogens is 276 g/mol. The predicted octanol–water partition coefficient (Wildman–Crippen LogP) is 5.99. The van der Waals surface area contributed by atoms with Crippen molar-refractivity contribution in [2.24, 2.45) is 0 Å². The molecule has 0 fully saturated rings. The second-order valence-electron chi connectivity index (χ2n) is 5.98. The summed E-state index contributed by atoms with van der Waals surface area (Å²) in [6, 6.07) is 25.5. The summed E-state index contributed by atoms with van der Waals surface area (Å²) in [4.78, 5) is -0.356. The number of hydrogen-bond acceptors (Lipinski definition) is 0. The van der Waals surface area contributed by atoms with Crippen molar-refractivity contribution in [2.45, 2.75) is 24.6 Å². The highest BCUT2D eigenvalue weighted by molar-refractivity contribution is 6.24. The third-order valence-electron chi connectivity index (χ3n) is 3.95. The van der Waals surface area contributed by atoms with Crippen molar-refractivity contribution < 1.29 is 0 Å². The van der Waals surface area contributed by atoms with E-state index >= 15 is 0 Å². The highest BCUT2D eigenvalue weighted by Crippen LogP contribution is 2.41. The standard InChI is InChI=1S/C20H19Cl/c1-20(2,21)19(16-10-4-3-5-11-16)18-14-8-12-15-9-6-7-13-17(15)18/h3-14,19H,1-2H3. The molecule has 3 rings (SSSR count). The van der Waals surface area contributed by atoms with Crippen LogP contribution in [0.3, 0.4) is 0 Å². The minimum absolute atomic E-state index is 0.159. The van der Waals surface area contributed by atoms with Crippen molar-refractivity contribution in [3.8, 4) is 0 Å². The first-order valence-electron chi connectivity index (χ1n) is 7.29. The topological polar surface area (TPSA) is 0 Å². The summed E-state index contributed by atoms with van der Waals surface area (Å²) < 4.78 is 0. The molecule has 0 N–H and O–H groups in total. The molecule has 0 aliphatic rings. The molecule has 0 radical (unpaired) electrons. The van der Waals surface area contributed by atoms with Crippen molar-refractivity contribution in [3.05, 3.63) is 83.9 Å². The van der Waals surface area contributed by atoms with Gasteiger partial charge in [-0.05, 0) is 35.7 Å². The molecule has 3 aromatic rings. The van der Waals surface area contributed by atoms with E-state index in [-0.39, 0.29) is 10.8 Å². The van der Waals surface area contributed by atoms with Crippen LogP contribution in [0.1, 0.15) is 30.9 Å². The van der Waals surface area contributed by atoms with E-state index < -0.39 is 0 Å².